The van der Waals surface area contributed by atoms with Gasteiger partial charge in [-0.3, -0.25) is 19.7 Å². The Labute approximate surface area is 186 Å². The molecule has 0 spiro atoms. The first-order chi connectivity index (χ1) is 15.2. The van der Waals surface area contributed by atoms with Crippen molar-refractivity contribution < 1.29 is 24.6 Å². The average molecular weight is 437 g/mol. The number of benzene rings is 2. The number of aliphatic carboxylic acids is 1. The fourth-order valence-corrected chi connectivity index (χ4v) is 5.01. The third kappa shape index (κ3) is 3.14. The lowest BCUT2D eigenvalue weighted by Crippen LogP contribution is -2.53. The van der Waals surface area contributed by atoms with Crippen molar-refractivity contribution >= 4 is 29.2 Å². The van der Waals surface area contributed by atoms with E-state index in [4.69, 9.17) is 0 Å². The third-order valence-electron chi connectivity index (χ3n) is 6.72. The highest BCUT2D eigenvalue weighted by molar-refractivity contribution is 6.24. The number of hydrogen-bond donors (Lipinski definition) is 3. The second-order valence-corrected chi connectivity index (χ2v) is 8.40. The smallest absolute Gasteiger partial charge is 0.324 e. The van der Waals surface area contributed by atoms with E-state index in [2.05, 4.69) is 10.2 Å². The summed E-state index contributed by atoms with van der Waals surface area (Å²) in [6, 6.07) is 12.8. The lowest BCUT2D eigenvalue weighted by Gasteiger charge is -2.28. The van der Waals surface area contributed by atoms with E-state index in [-0.39, 0.29) is 5.75 Å². The summed E-state index contributed by atoms with van der Waals surface area (Å²) < 4.78 is 0. The van der Waals surface area contributed by atoms with Gasteiger partial charge in [-0.2, -0.15) is 0 Å². The fraction of sp³-hybridized carbons (Fsp3) is 0.375. The highest BCUT2D eigenvalue weighted by Crippen LogP contribution is 2.51. The number of nitrogens with one attached hydrogen (secondary N) is 1. The molecule has 3 N–H and O–H groups in total. The van der Waals surface area contributed by atoms with E-state index >= 15 is 0 Å². The molecule has 2 aliphatic heterocycles. The van der Waals surface area contributed by atoms with Crippen LogP contribution in [0.2, 0.25) is 0 Å². The minimum Gasteiger partial charge on any atom is -0.508 e. The van der Waals surface area contributed by atoms with E-state index in [1.54, 1.807) is 42.5 Å². The van der Waals surface area contributed by atoms with Crippen molar-refractivity contribution in [1.82, 2.24) is 5.32 Å². The average Bonchev–Trinajstić information content (AvgIpc) is 3.23. The molecule has 0 bridgehead atoms. The van der Waals surface area contributed by atoms with Crippen molar-refractivity contribution in [2.75, 3.05) is 22.9 Å². The number of carbonyl (C=O) groups excluding carboxylic acids is 2. The predicted molar refractivity (Wildman–Crippen MR) is 120 cm³/mol. The van der Waals surface area contributed by atoms with Gasteiger partial charge in [0.2, 0.25) is 11.8 Å². The number of rotatable bonds is 6. The van der Waals surface area contributed by atoms with Gasteiger partial charge < -0.3 is 15.1 Å². The zero-order valence-electron chi connectivity index (χ0n) is 18.3. The van der Waals surface area contributed by atoms with Crippen molar-refractivity contribution in [3.63, 3.8) is 0 Å². The number of phenolic OH excluding ortho intramolecular Hbond substituents is 1. The van der Waals surface area contributed by atoms with Crippen molar-refractivity contribution in [3.05, 3.63) is 54.1 Å². The molecule has 0 unspecified atom stereocenters. The third-order valence-corrected chi connectivity index (χ3v) is 6.72. The number of aromatic hydroxyl groups is 1. The van der Waals surface area contributed by atoms with E-state index in [1.165, 1.54) is 6.92 Å². The van der Waals surface area contributed by atoms with Crippen molar-refractivity contribution in [2.45, 2.75) is 32.4 Å². The van der Waals surface area contributed by atoms with Crippen LogP contribution in [0.5, 0.6) is 5.75 Å². The van der Waals surface area contributed by atoms with Gasteiger partial charge in [0.1, 0.15) is 11.3 Å². The number of carboxylic acids is 1. The Morgan fingerprint density at radius 3 is 2.31 bits per heavy atom. The summed E-state index contributed by atoms with van der Waals surface area (Å²) in [5.41, 5.74) is -0.0248. The predicted octanol–water partition coefficient (Wildman–Crippen LogP) is 2.53. The van der Waals surface area contributed by atoms with Crippen molar-refractivity contribution in [1.29, 1.82) is 0 Å². The van der Waals surface area contributed by atoms with E-state index in [1.807, 2.05) is 19.9 Å². The van der Waals surface area contributed by atoms with Crippen LogP contribution in [0, 0.1) is 11.8 Å². The molecule has 2 heterocycles. The monoisotopic (exact) mass is 437 g/mol. The number of hydrogen-bond acceptors (Lipinski definition) is 6. The highest BCUT2D eigenvalue weighted by atomic mass is 16.4. The Balaban J connectivity index is 1.79. The summed E-state index contributed by atoms with van der Waals surface area (Å²) in [5.74, 6) is -4.33. The molecule has 2 fully saturated rings. The molecule has 2 saturated heterocycles. The Hall–Kier alpha value is -3.39. The molecule has 2 aliphatic rings. The quantitative estimate of drug-likeness (QED) is 0.596. The molecule has 0 aliphatic carbocycles. The SMILES string of the molecule is CCN(CC)c1ccc([C@@H]2N[C@](C)(C(=O)O)[C@H]3C(=O)N(c4ccccc4)C(=O)[C@H]23)c(O)c1. The van der Waals surface area contributed by atoms with Crippen LogP contribution in [0.25, 0.3) is 0 Å². The molecule has 0 aromatic heterocycles. The number of para-hydroxylation sites is 1. The van der Waals surface area contributed by atoms with Crippen LogP contribution in [-0.2, 0) is 14.4 Å². The first-order valence-corrected chi connectivity index (χ1v) is 10.8. The second kappa shape index (κ2) is 7.94. The second-order valence-electron chi connectivity index (χ2n) is 8.40. The summed E-state index contributed by atoms with van der Waals surface area (Å²) in [6.45, 7) is 6.97. The molecule has 2 aromatic carbocycles. The van der Waals surface area contributed by atoms with Crippen LogP contribution >= 0.6 is 0 Å². The summed E-state index contributed by atoms with van der Waals surface area (Å²) in [6.07, 6.45) is 0. The van der Waals surface area contributed by atoms with Crippen LogP contribution in [-0.4, -0.2) is 46.6 Å². The van der Waals surface area contributed by atoms with Crippen molar-refractivity contribution in [3.8, 4) is 5.75 Å². The number of carbonyl (C=O) groups is 3. The molecule has 4 atom stereocenters. The van der Waals surface area contributed by atoms with E-state index in [0.717, 1.165) is 23.7 Å². The number of amides is 2. The van der Waals surface area contributed by atoms with Crippen LogP contribution < -0.4 is 15.1 Å². The lowest BCUT2D eigenvalue weighted by molar-refractivity contribution is -0.147. The number of fused-ring (bicyclic) bond motifs is 1. The van der Waals surface area contributed by atoms with Gasteiger partial charge in [-0.15, -0.1) is 0 Å². The lowest BCUT2D eigenvalue weighted by atomic mass is 9.80. The van der Waals surface area contributed by atoms with Crippen LogP contribution in [0.1, 0.15) is 32.4 Å². The molecule has 32 heavy (non-hydrogen) atoms. The number of phenols is 1. The molecule has 8 nitrogen and oxygen atoms in total. The molecule has 8 heteroatoms. The molecule has 168 valence electrons. The van der Waals surface area contributed by atoms with Gasteiger partial charge in [0, 0.05) is 36.4 Å². The van der Waals surface area contributed by atoms with Gasteiger partial charge in [-0.1, -0.05) is 24.3 Å². The summed E-state index contributed by atoms with van der Waals surface area (Å²) in [5, 5.41) is 23.8. The zero-order valence-corrected chi connectivity index (χ0v) is 18.3. The van der Waals surface area contributed by atoms with Crippen LogP contribution in [0.15, 0.2) is 48.5 Å². The first-order valence-electron chi connectivity index (χ1n) is 10.8. The number of imide groups is 1. The van der Waals surface area contributed by atoms with Gasteiger partial charge in [0.15, 0.2) is 0 Å². The molecular formula is C24H27N3O5. The van der Waals surface area contributed by atoms with E-state index in [9.17, 15) is 24.6 Å². The first kappa shape index (κ1) is 21.8. The minimum absolute atomic E-state index is 0.0429. The Morgan fingerprint density at radius 1 is 1.09 bits per heavy atom. The summed E-state index contributed by atoms with van der Waals surface area (Å²) >= 11 is 0. The normalized spacial score (nSPS) is 27.0. The standard InChI is InChI=1S/C24H27N3O5/c1-4-26(5-2)15-11-12-16(17(28)13-15)20-18-19(24(3,25-20)23(31)32)22(30)27(21(18)29)14-9-7-6-8-10-14/h6-13,18-20,25,28H,4-5H2,1-3H3,(H,31,32)/t18-,19+,20-,24-/m0/s1. The van der Waals surface area contributed by atoms with Crippen LogP contribution in [0.4, 0.5) is 11.4 Å². The largest absolute Gasteiger partial charge is 0.508 e. The summed E-state index contributed by atoms with van der Waals surface area (Å²) in [7, 11) is 0. The minimum atomic E-state index is -1.66. The van der Waals surface area contributed by atoms with E-state index < -0.39 is 41.2 Å². The van der Waals surface area contributed by atoms with E-state index in [0.29, 0.717) is 11.3 Å². The fourth-order valence-electron chi connectivity index (χ4n) is 5.01. The maximum atomic E-state index is 13.5. The molecule has 4 rings (SSSR count). The number of nitrogens with zero attached hydrogens (tertiary/aromatic N) is 2. The van der Waals surface area contributed by atoms with Gasteiger partial charge in [-0.05, 0) is 39.0 Å². The molecule has 2 aromatic rings. The Kier molecular flexibility index (Phi) is 5.42. The maximum absolute atomic E-state index is 13.5. The maximum Gasteiger partial charge on any atom is 0.324 e. The van der Waals surface area contributed by atoms with Crippen molar-refractivity contribution in [2.24, 2.45) is 11.8 Å². The summed E-state index contributed by atoms with van der Waals surface area (Å²) in [4.78, 5) is 42.2. The van der Waals surface area contributed by atoms with Crippen LogP contribution in [0.3, 0.4) is 0 Å². The molecule has 0 radical (unpaired) electrons. The Bertz CT molecular complexity index is 1070. The number of carboxylic acid groups (broad SMARTS) is 1. The van der Waals surface area contributed by atoms with Gasteiger partial charge in [-0.25, -0.2) is 4.90 Å². The van der Waals surface area contributed by atoms with Gasteiger partial charge in [0.25, 0.3) is 0 Å². The molecule has 0 saturated carbocycles. The zero-order chi connectivity index (χ0) is 23.2. The highest BCUT2D eigenvalue weighted by Gasteiger charge is 2.67. The molecule has 2 amide bonds. The topological polar surface area (TPSA) is 110 Å². The number of anilines is 2. The molecular weight excluding hydrogens is 410 g/mol. The van der Waals surface area contributed by atoms with Gasteiger partial charge >= 0.3 is 5.97 Å². The Morgan fingerprint density at radius 2 is 1.75 bits per heavy atom. The van der Waals surface area contributed by atoms with Gasteiger partial charge in [0.05, 0.1) is 17.5 Å².